The summed E-state index contributed by atoms with van der Waals surface area (Å²) in [5, 5.41) is 10.7. The van der Waals surface area contributed by atoms with Crippen LogP contribution in [0.15, 0.2) is 42.5 Å². The topological polar surface area (TPSA) is 20.2 Å². The van der Waals surface area contributed by atoms with Gasteiger partial charge < -0.3 is 5.11 Å². The van der Waals surface area contributed by atoms with Crippen molar-refractivity contribution in [1.29, 1.82) is 0 Å². The van der Waals surface area contributed by atoms with Crippen LogP contribution in [0.25, 0.3) is 0 Å². The second-order valence-electron chi connectivity index (χ2n) is 4.02. The van der Waals surface area contributed by atoms with Crippen molar-refractivity contribution in [2.75, 3.05) is 0 Å². The standard InChI is InChI=1S/C14H11Cl2FO/c15-11-4-1-9(2-5-11)7-14(18)10-3-6-12(16)13(17)8-10/h1-6,8,14,18H,7H2. The Morgan fingerprint density at radius 2 is 1.72 bits per heavy atom. The third-order valence-electron chi connectivity index (χ3n) is 2.67. The molecule has 0 heterocycles. The molecule has 0 spiro atoms. The molecule has 2 aromatic rings. The van der Waals surface area contributed by atoms with E-state index in [1.165, 1.54) is 12.1 Å². The number of aliphatic hydroxyl groups is 1. The molecule has 0 aliphatic heterocycles. The van der Waals surface area contributed by atoms with Gasteiger partial charge >= 0.3 is 0 Å². The molecule has 1 unspecified atom stereocenters. The Morgan fingerprint density at radius 3 is 2.33 bits per heavy atom. The molecule has 2 aromatic carbocycles. The average molecular weight is 285 g/mol. The summed E-state index contributed by atoms with van der Waals surface area (Å²) >= 11 is 11.4. The van der Waals surface area contributed by atoms with Crippen LogP contribution in [0.5, 0.6) is 0 Å². The van der Waals surface area contributed by atoms with E-state index in [4.69, 9.17) is 23.2 Å². The van der Waals surface area contributed by atoms with Crippen LogP contribution >= 0.6 is 23.2 Å². The van der Waals surface area contributed by atoms with Gasteiger partial charge in [0.15, 0.2) is 0 Å². The van der Waals surface area contributed by atoms with Gasteiger partial charge in [-0.25, -0.2) is 4.39 Å². The highest BCUT2D eigenvalue weighted by Crippen LogP contribution is 2.23. The highest BCUT2D eigenvalue weighted by Gasteiger charge is 2.11. The lowest BCUT2D eigenvalue weighted by Gasteiger charge is -2.11. The zero-order chi connectivity index (χ0) is 13.1. The lowest BCUT2D eigenvalue weighted by Crippen LogP contribution is -2.02. The molecule has 18 heavy (non-hydrogen) atoms. The van der Waals surface area contributed by atoms with E-state index < -0.39 is 11.9 Å². The summed E-state index contributed by atoms with van der Waals surface area (Å²) in [6, 6.07) is 11.5. The van der Waals surface area contributed by atoms with Crippen molar-refractivity contribution in [1.82, 2.24) is 0 Å². The maximum Gasteiger partial charge on any atom is 0.142 e. The largest absolute Gasteiger partial charge is 0.388 e. The average Bonchev–Trinajstić information content (AvgIpc) is 2.35. The molecule has 4 heteroatoms. The molecule has 1 nitrogen and oxygen atoms in total. The van der Waals surface area contributed by atoms with Crippen LogP contribution in [0.2, 0.25) is 10.0 Å². The van der Waals surface area contributed by atoms with Gasteiger partial charge in [-0.15, -0.1) is 0 Å². The Bertz CT molecular complexity index is 540. The first-order chi connectivity index (χ1) is 8.56. The van der Waals surface area contributed by atoms with E-state index >= 15 is 0 Å². The lowest BCUT2D eigenvalue weighted by molar-refractivity contribution is 0.178. The minimum Gasteiger partial charge on any atom is -0.388 e. The minimum absolute atomic E-state index is 0.0532. The normalized spacial score (nSPS) is 12.4. The van der Waals surface area contributed by atoms with Gasteiger partial charge in [-0.3, -0.25) is 0 Å². The first-order valence-corrected chi connectivity index (χ1v) is 6.19. The lowest BCUT2D eigenvalue weighted by atomic mass is 10.0. The fourth-order valence-electron chi connectivity index (χ4n) is 1.68. The molecule has 94 valence electrons. The van der Waals surface area contributed by atoms with Crippen LogP contribution < -0.4 is 0 Å². The summed E-state index contributed by atoms with van der Waals surface area (Å²) in [6.07, 6.45) is -0.365. The second-order valence-corrected chi connectivity index (χ2v) is 4.86. The summed E-state index contributed by atoms with van der Waals surface area (Å²) in [7, 11) is 0. The number of halogens is 3. The van der Waals surface area contributed by atoms with E-state index in [9.17, 15) is 9.50 Å². The Morgan fingerprint density at radius 1 is 1.06 bits per heavy atom. The van der Waals surface area contributed by atoms with E-state index in [0.29, 0.717) is 17.0 Å². The number of hydrogen-bond donors (Lipinski definition) is 1. The summed E-state index contributed by atoms with van der Waals surface area (Å²) in [5.41, 5.74) is 1.44. The summed E-state index contributed by atoms with van der Waals surface area (Å²) < 4.78 is 13.3. The van der Waals surface area contributed by atoms with Crippen molar-refractivity contribution in [2.24, 2.45) is 0 Å². The minimum atomic E-state index is -0.766. The first-order valence-electron chi connectivity index (χ1n) is 5.44. The van der Waals surface area contributed by atoms with Gasteiger partial charge in [0, 0.05) is 11.4 Å². The van der Waals surface area contributed by atoms with E-state index in [1.54, 1.807) is 18.2 Å². The quantitative estimate of drug-likeness (QED) is 0.885. The summed E-state index contributed by atoms with van der Waals surface area (Å²) in [4.78, 5) is 0. The fraction of sp³-hybridized carbons (Fsp3) is 0.143. The summed E-state index contributed by atoms with van der Waals surface area (Å²) in [6.45, 7) is 0. The van der Waals surface area contributed by atoms with Crippen molar-refractivity contribution in [3.8, 4) is 0 Å². The van der Waals surface area contributed by atoms with Gasteiger partial charge in [0.1, 0.15) is 5.82 Å². The molecule has 0 fully saturated rings. The van der Waals surface area contributed by atoms with Crippen LogP contribution in [-0.4, -0.2) is 5.11 Å². The van der Waals surface area contributed by atoms with Gasteiger partial charge in [0.05, 0.1) is 11.1 Å². The van der Waals surface area contributed by atoms with Crippen LogP contribution in [0.1, 0.15) is 17.2 Å². The molecule has 0 saturated heterocycles. The van der Waals surface area contributed by atoms with Gasteiger partial charge in [-0.05, 0) is 35.4 Å². The summed E-state index contributed by atoms with van der Waals surface area (Å²) in [5.74, 6) is -0.524. The fourth-order valence-corrected chi connectivity index (χ4v) is 1.92. The Balaban J connectivity index is 2.13. The molecule has 0 aromatic heterocycles. The maximum absolute atomic E-state index is 13.3. The van der Waals surface area contributed by atoms with Crippen LogP contribution in [-0.2, 0) is 6.42 Å². The molecular weight excluding hydrogens is 274 g/mol. The highest BCUT2D eigenvalue weighted by atomic mass is 35.5. The van der Waals surface area contributed by atoms with Gasteiger partial charge in [0.2, 0.25) is 0 Å². The van der Waals surface area contributed by atoms with Crippen LogP contribution in [0.4, 0.5) is 4.39 Å². The van der Waals surface area contributed by atoms with Crippen LogP contribution in [0, 0.1) is 5.82 Å². The third kappa shape index (κ3) is 3.22. The van der Waals surface area contributed by atoms with Gasteiger partial charge in [-0.1, -0.05) is 41.4 Å². The Kier molecular flexibility index (Phi) is 4.23. The first kappa shape index (κ1) is 13.3. The molecule has 0 amide bonds. The van der Waals surface area contributed by atoms with Crippen LogP contribution in [0.3, 0.4) is 0 Å². The zero-order valence-electron chi connectivity index (χ0n) is 9.41. The van der Waals surface area contributed by atoms with Crippen molar-refractivity contribution >= 4 is 23.2 Å². The van der Waals surface area contributed by atoms with Crippen molar-refractivity contribution in [3.05, 3.63) is 69.5 Å². The molecule has 1 N–H and O–H groups in total. The van der Waals surface area contributed by atoms with E-state index in [2.05, 4.69) is 0 Å². The van der Waals surface area contributed by atoms with Gasteiger partial charge in [-0.2, -0.15) is 0 Å². The molecule has 0 radical (unpaired) electrons. The van der Waals surface area contributed by atoms with Gasteiger partial charge in [0.25, 0.3) is 0 Å². The number of rotatable bonds is 3. The molecule has 0 aliphatic rings. The van der Waals surface area contributed by atoms with E-state index in [0.717, 1.165) is 5.56 Å². The van der Waals surface area contributed by atoms with Crippen molar-refractivity contribution in [2.45, 2.75) is 12.5 Å². The molecule has 0 saturated carbocycles. The number of hydrogen-bond acceptors (Lipinski definition) is 1. The molecule has 0 aliphatic carbocycles. The highest BCUT2D eigenvalue weighted by molar-refractivity contribution is 6.30. The smallest absolute Gasteiger partial charge is 0.142 e. The molecule has 2 rings (SSSR count). The van der Waals surface area contributed by atoms with E-state index in [1.807, 2.05) is 12.1 Å². The molecular formula is C14H11Cl2FO. The number of aliphatic hydroxyl groups excluding tert-OH is 1. The maximum atomic E-state index is 13.3. The zero-order valence-corrected chi connectivity index (χ0v) is 10.9. The molecule has 0 bridgehead atoms. The Labute approximate surface area is 115 Å². The third-order valence-corrected chi connectivity index (χ3v) is 3.23. The van der Waals surface area contributed by atoms with E-state index in [-0.39, 0.29) is 5.02 Å². The number of benzene rings is 2. The molecule has 1 atom stereocenters. The Hall–Kier alpha value is -1.09. The SMILES string of the molecule is OC(Cc1ccc(Cl)cc1)c1ccc(Cl)c(F)c1. The monoisotopic (exact) mass is 284 g/mol. The predicted octanol–water partition coefficient (Wildman–Crippen LogP) is 4.41. The van der Waals surface area contributed by atoms with Crippen molar-refractivity contribution < 1.29 is 9.50 Å². The second kappa shape index (κ2) is 5.70. The predicted molar refractivity (Wildman–Crippen MR) is 71.5 cm³/mol. The van der Waals surface area contributed by atoms with Crippen molar-refractivity contribution in [3.63, 3.8) is 0 Å².